The fourth-order valence-corrected chi connectivity index (χ4v) is 2.36. The van der Waals surface area contributed by atoms with E-state index in [0.717, 1.165) is 12.0 Å². The number of hydrogen-bond donors (Lipinski definition) is 2. The topological polar surface area (TPSA) is 46.2 Å². The maximum absolute atomic E-state index is 9.93. The molecule has 1 aromatic carbocycles. The molecule has 0 bridgehead atoms. The summed E-state index contributed by atoms with van der Waals surface area (Å²) in [6.07, 6.45) is 0.472. The van der Waals surface area contributed by atoms with Gasteiger partial charge in [0, 0.05) is 0 Å². The van der Waals surface area contributed by atoms with Crippen molar-refractivity contribution in [1.29, 1.82) is 0 Å². The zero-order chi connectivity index (χ0) is 11.0. The van der Waals surface area contributed by atoms with E-state index >= 15 is 0 Å². The summed E-state index contributed by atoms with van der Waals surface area (Å²) >= 11 is 0. The summed E-state index contributed by atoms with van der Waals surface area (Å²) in [5, 5.41) is 9.93. The van der Waals surface area contributed by atoms with Crippen LogP contribution in [0.5, 0.6) is 0 Å². The van der Waals surface area contributed by atoms with Crippen molar-refractivity contribution in [1.82, 2.24) is 0 Å². The second kappa shape index (κ2) is 3.95. The lowest BCUT2D eigenvalue weighted by Gasteiger charge is -2.11. The Balaban J connectivity index is 2.41. The van der Waals surface area contributed by atoms with Crippen LogP contribution in [0.4, 0.5) is 0 Å². The van der Waals surface area contributed by atoms with E-state index in [0.29, 0.717) is 18.4 Å². The van der Waals surface area contributed by atoms with E-state index in [2.05, 4.69) is 32.0 Å². The molecule has 0 aromatic heterocycles. The zero-order valence-electron chi connectivity index (χ0n) is 9.40. The van der Waals surface area contributed by atoms with Crippen molar-refractivity contribution >= 4 is 0 Å². The average Bonchev–Trinajstić information content (AvgIpc) is 2.55. The highest BCUT2D eigenvalue weighted by Gasteiger charge is 2.28. The molecule has 0 fully saturated rings. The van der Waals surface area contributed by atoms with Gasteiger partial charge in [0.05, 0.1) is 6.10 Å². The van der Waals surface area contributed by atoms with E-state index in [4.69, 9.17) is 5.73 Å². The molecule has 2 atom stereocenters. The number of aliphatic hydroxyl groups excluding tert-OH is 1. The fraction of sp³-hybridized carbons (Fsp3) is 0.538. The summed E-state index contributed by atoms with van der Waals surface area (Å²) in [7, 11) is 0. The number of hydrogen-bond acceptors (Lipinski definition) is 2. The minimum Gasteiger partial charge on any atom is -0.388 e. The van der Waals surface area contributed by atoms with Crippen LogP contribution in [0.1, 0.15) is 54.9 Å². The molecule has 0 aliphatic heterocycles. The first-order valence-corrected chi connectivity index (χ1v) is 5.65. The summed E-state index contributed by atoms with van der Waals surface area (Å²) in [5.41, 5.74) is 9.33. The van der Waals surface area contributed by atoms with Crippen LogP contribution < -0.4 is 5.73 Å². The van der Waals surface area contributed by atoms with Crippen molar-refractivity contribution in [2.24, 2.45) is 5.73 Å². The third-order valence-electron chi connectivity index (χ3n) is 3.37. The van der Waals surface area contributed by atoms with Crippen LogP contribution in [-0.2, 0) is 0 Å². The smallest absolute Gasteiger partial charge is 0.0799 e. The minimum atomic E-state index is -0.313. The van der Waals surface area contributed by atoms with Crippen molar-refractivity contribution < 1.29 is 5.11 Å². The van der Waals surface area contributed by atoms with Gasteiger partial charge in [0.15, 0.2) is 0 Å². The van der Waals surface area contributed by atoms with Crippen LogP contribution in [0.2, 0.25) is 0 Å². The normalized spacial score (nSPS) is 24.6. The van der Waals surface area contributed by atoms with Gasteiger partial charge in [0.1, 0.15) is 0 Å². The first kappa shape index (κ1) is 10.7. The van der Waals surface area contributed by atoms with Crippen LogP contribution in [-0.4, -0.2) is 11.7 Å². The van der Waals surface area contributed by atoms with Crippen molar-refractivity contribution in [3.63, 3.8) is 0 Å². The van der Waals surface area contributed by atoms with Gasteiger partial charge >= 0.3 is 0 Å². The minimum absolute atomic E-state index is 0.313. The standard InChI is InChI=1S/C13H19NO/c1-8(2)9-3-4-11-10(7-14)6-13(15)12(11)5-9/h3-5,8,10,13,15H,6-7,14H2,1-2H3. The maximum atomic E-state index is 9.93. The SMILES string of the molecule is CC(C)c1ccc2c(c1)C(O)CC2CN. The molecule has 0 saturated carbocycles. The third kappa shape index (κ3) is 1.80. The molecule has 0 saturated heterocycles. The highest BCUT2D eigenvalue weighted by Crippen LogP contribution is 2.40. The molecule has 2 heteroatoms. The highest BCUT2D eigenvalue weighted by atomic mass is 16.3. The fourth-order valence-electron chi connectivity index (χ4n) is 2.36. The van der Waals surface area contributed by atoms with Crippen LogP contribution in [0.25, 0.3) is 0 Å². The molecule has 1 aliphatic carbocycles. The van der Waals surface area contributed by atoms with Gasteiger partial charge in [-0.15, -0.1) is 0 Å². The molecule has 0 spiro atoms. The number of fused-ring (bicyclic) bond motifs is 1. The molecule has 0 amide bonds. The summed E-state index contributed by atoms with van der Waals surface area (Å²) in [5.74, 6) is 0.857. The molecule has 1 aliphatic rings. The summed E-state index contributed by atoms with van der Waals surface area (Å²) in [6, 6.07) is 6.43. The van der Waals surface area contributed by atoms with Crippen LogP contribution in [0.15, 0.2) is 18.2 Å². The third-order valence-corrected chi connectivity index (χ3v) is 3.37. The summed E-state index contributed by atoms with van der Waals surface area (Å²) < 4.78 is 0. The predicted molar refractivity (Wildman–Crippen MR) is 61.9 cm³/mol. The monoisotopic (exact) mass is 205 g/mol. The molecule has 82 valence electrons. The van der Waals surface area contributed by atoms with Gasteiger partial charge in [-0.3, -0.25) is 0 Å². The molecule has 3 N–H and O–H groups in total. The average molecular weight is 205 g/mol. The Morgan fingerprint density at radius 2 is 2.13 bits per heavy atom. The Morgan fingerprint density at radius 3 is 2.73 bits per heavy atom. The Labute approximate surface area is 91.1 Å². The number of aliphatic hydroxyl groups is 1. The Morgan fingerprint density at radius 1 is 1.40 bits per heavy atom. The maximum Gasteiger partial charge on any atom is 0.0799 e. The van der Waals surface area contributed by atoms with Gasteiger partial charge in [-0.2, -0.15) is 0 Å². The number of nitrogens with two attached hydrogens (primary N) is 1. The molecule has 0 radical (unpaired) electrons. The molecule has 15 heavy (non-hydrogen) atoms. The Hall–Kier alpha value is -0.860. The van der Waals surface area contributed by atoms with Crippen molar-refractivity contribution in [3.8, 4) is 0 Å². The largest absolute Gasteiger partial charge is 0.388 e. The zero-order valence-corrected chi connectivity index (χ0v) is 9.40. The second-order valence-corrected chi connectivity index (χ2v) is 4.73. The van der Waals surface area contributed by atoms with Gasteiger partial charge < -0.3 is 10.8 Å². The van der Waals surface area contributed by atoms with E-state index < -0.39 is 0 Å². The second-order valence-electron chi connectivity index (χ2n) is 4.73. The van der Waals surface area contributed by atoms with Crippen molar-refractivity contribution in [2.45, 2.75) is 38.2 Å². The van der Waals surface area contributed by atoms with Crippen LogP contribution in [0.3, 0.4) is 0 Å². The van der Waals surface area contributed by atoms with E-state index in [1.165, 1.54) is 11.1 Å². The molecular formula is C13H19NO. The van der Waals surface area contributed by atoms with Crippen molar-refractivity contribution in [3.05, 3.63) is 34.9 Å². The first-order valence-electron chi connectivity index (χ1n) is 5.65. The van der Waals surface area contributed by atoms with E-state index in [1.807, 2.05) is 0 Å². The Bertz CT molecular complexity index is 360. The summed E-state index contributed by atoms with van der Waals surface area (Å²) in [4.78, 5) is 0. The molecule has 1 aromatic rings. The number of rotatable bonds is 2. The Kier molecular flexibility index (Phi) is 2.81. The lowest BCUT2D eigenvalue weighted by molar-refractivity contribution is 0.173. The van der Waals surface area contributed by atoms with Gasteiger partial charge in [0.25, 0.3) is 0 Å². The quantitative estimate of drug-likeness (QED) is 0.778. The van der Waals surface area contributed by atoms with Crippen molar-refractivity contribution in [2.75, 3.05) is 6.54 Å². The lowest BCUT2D eigenvalue weighted by atomic mass is 9.96. The van der Waals surface area contributed by atoms with Gasteiger partial charge in [-0.25, -0.2) is 0 Å². The van der Waals surface area contributed by atoms with E-state index in [-0.39, 0.29) is 6.10 Å². The molecular weight excluding hydrogens is 186 g/mol. The number of benzene rings is 1. The first-order chi connectivity index (χ1) is 7.13. The highest BCUT2D eigenvalue weighted by molar-refractivity contribution is 5.41. The lowest BCUT2D eigenvalue weighted by Crippen LogP contribution is -2.09. The van der Waals surface area contributed by atoms with Gasteiger partial charge in [-0.05, 0) is 41.5 Å². The van der Waals surface area contributed by atoms with E-state index in [1.54, 1.807) is 0 Å². The molecule has 2 unspecified atom stereocenters. The van der Waals surface area contributed by atoms with Gasteiger partial charge in [-0.1, -0.05) is 32.0 Å². The molecule has 2 rings (SSSR count). The van der Waals surface area contributed by atoms with E-state index in [9.17, 15) is 5.11 Å². The summed E-state index contributed by atoms with van der Waals surface area (Å²) in [6.45, 7) is 4.97. The molecule has 0 heterocycles. The van der Waals surface area contributed by atoms with Crippen LogP contribution in [0, 0.1) is 0 Å². The van der Waals surface area contributed by atoms with Crippen LogP contribution >= 0.6 is 0 Å². The predicted octanol–water partition coefficient (Wildman–Crippen LogP) is 2.29. The van der Waals surface area contributed by atoms with Gasteiger partial charge in [0.2, 0.25) is 0 Å². The molecule has 2 nitrogen and oxygen atoms in total.